The summed E-state index contributed by atoms with van der Waals surface area (Å²) in [4.78, 5) is 31.2. The maximum atomic E-state index is 10.1. The van der Waals surface area contributed by atoms with Crippen molar-refractivity contribution in [2.24, 2.45) is 0 Å². The first kappa shape index (κ1) is 20.0. The van der Waals surface area contributed by atoms with Crippen LogP contribution in [0.25, 0.3) is 0 Å². The summed E-state index contributed by atoms with van der Waals surface area (Å²) in [5, 5.41) is 24.8. The summed E-state index contributed by atoms with van der Waals surface area (Å²) in [6.07, 6.45) is 0. The second-order valence-corrected chi connectivity index (χ2v) is 2.33. The van der Waals surface area contributed by atoms with Gasteiger partial charge < -0.3 is 18.2 Å². The Balaban J connectivity index is -0.000000120. The van der Waals surface area contributed by atoms with Crippen molar-refractivity contribution in [3.63, 3.8) is 0 Å². The third-order valence-corrected chi connectivity index (χ3v) is 1.08. The quantitative estimate of drug-likeness (QED) is 0.370. The van der Waals surface area contributed by atoms with Gasteiger partial charge in [0.2, 0.25) is 0 Å². The van der Waals surface area contributed by atoms with Crippen LogP contribution >= 0.6 is 0 Å². The number of hydrogen-bond acceptors (Lipinski definition) is 4. The molecule has 7 nitrogen and oxygen atoms in total. The van der Waals surface area contributed by atoms with Crippen LogP contribution in [-0.2, 0) is 14.4 Å². The molecule has 0 fully saturated rings. The third-order valence-electron chi connectivity index (χ3n) is 1.08. The van der Waals surface area contributed by atoms with Crippen LogP contribution < -0.4 is 37.7 Å². The van der Waals surface area contributed by atoms with Gasteiger partial charge in [-0.3, -0.25) is 19.3 Å². The zero-order chi connectivity index (χ0) is 10.4. The average molecular weight is 207 g/mol. The SMILES string of the molecule is O=C(O)CN(CC(=O)O)CC(=O)O.[H-].[H-].[Li+].[Li+]. The number of carbonyl (C=O) groups is 3. The van der Waals surface area contributed by atoms with Crippen LogP contribution in [0.1, 0.15) is 2.85 Å². The Morgan fingerprint density at radius 1 is 0.800 bits per heavy atom. The molecule has 0 saturated heterocycles. The van der Waals surface area contributed by atoms with Crippen molar-refractivity contribution in [1.29, 1.82) is 0 Å². The zero-order valence-electron chi connectivity index (χ0n) is 10.6. The van der Waals surface area contributed by atoms with Crippen LogP contribution in [0.2, 0.25) is 0 Å². The van der Waals surface area contributed by atoms with Crippen LogP contribution in [0, 0.1) is 0 Å². The summed E-state index contributed by atoms with van der Waals surface area (Å²) < 4.78 is 0. The molecule has 0 saturated carbocycles. The molecule has 0 aromatic carbocycles. The van der Waals surface area contributed by atoms with Crippen molar-refractivity contribution in [3.8, 4) is 0 Å². The smallest absolute Gasteiger partial charge is 1.00 e. The Labute approximate surface area is 113 Å². The Morgan fingerprint density at radius 3 is 1.13 bits per heavy atom. The first-order chi connectivity index (χ1) is 5.91. The molecule has 15 heavy (non-hydrogen) atoms. The summed E-state index contributed by atoms with van der Waals surface area (Å²) >= 11 is 0. The summed E-state index contributed by atoms with van der Waals surface area (Å²) in [6, 6.07) is 0. The number of hydrogen-bond donors (Lipinski definition) is 3. The molecule has 0 aliphatic heterocycles. The molecule has 78 valence electrons. The van der Waals surface area contributed by atoms with Crippen molar-refractivity contribution in [3.05, 3.63) is 0 Å². The molecular formula is C6H11Li2NO6. The van der Waals surface area contributed by atoms with Gasteiger partial charge in [0.15, 0.2) is 0 Å². The number of carboxylic acids is 3. The number of carboxylic acid groups (broad SMARTS) is 3. The average Bonchev–Trinajstić information content (AvgIpc) is 1.80. The predicted octanol–water partition coefficient (Wildman–Crippen LogP) is -7.22. The first-order valence-electron chi connectivity index (χ1n) is 3.29. The first-order valence-corrected chi connectivity index (χ1v) is 3.29. The third kappa shape index (κ3) is 13.6. The van der Waals surface area contributed by atoms with Crippen molar-refractivity contribution >= 4 is 17.9 Å². The molecule has 0 unspecified atom stereocenters. The van der Waals surface area contributed by atoms with E-state index in [1.807, 2.05) is 0 Å². The molecule has 0 atom stereocenters. The van der Waals surface area contributed by atoms with E-state index in [1.54, 1.807) is 0 Å². The minimum absolute atomic E-state index is 0. The van der Waals surface area contributed by atoms with E-state index in [0.29, 0.717) is 0 Å². The van der Waals surface area contributed by atoms with Crippen molar-refractivity contribution < 1.29 is 70.3 Å². The second kappa shape index (κ2) is 10.1. The van der Waals surface area contributed by atoms with Gasteiger partial charge in [0.05, 0.1) is 19.6 Å². The molecule has 3 N–H and O–H groups in total. The van der Waals surface area contributed by atoms with Gasteiger partial charge in [0.1, 0.15) is 0 Å². The predicted molar refractivity (Wildman–Crippen MR) is 41.6 cm³/mol. The molecule has 0 aromatic rings. The fourth-order valence-corrected chi connectivity index (χ4v) is 0.742. The summed E-state index contributed by atoms with van der Waals surface area (Å²) in [6.45, 7) is -1.80. The molecule has 0 aliphatic carbocycles. The summed E-state index contributed by atoms with van der Waals surface area (Å²) in [5.41, 5.74) is 0. The summed E-state index contributed by atoms with van der Waals surface area (Å²) in [7, 11) is 0. The molecule has 0 heterocycles. The molecule has 0 bridgehead atoms. The van der Waals surface area contributed by atoms with Gasteiger partial charge in [0.25, 0.3) is 0 Å². The number of aliphatic carboxylic acids is 3. The standard InChI is InChI=1S/C6H9NO6.2Li.2H/c8-4(9)1-7(2-5(10)11)3-6(12)13;;;;/h1-3H2,(H,8,9)(H,10,11)(H,12,13);;;;/q;2*+1;2*-1. The fraction of sp³-hybridized carbons (Fsp3) is 0.500. The van der Waals surface area contributed by atoms with Gasteiger partial charge in [-0.2, -0.15) is 0 Å². The van der Waals surface area contributed by atoms with E-state index < -0.39 is 37.5 Å². The zero-order valence-corrected chi connectivity index (χ0v) is 8.63. The van der Waals surface area contributed by atoms with Gasteiger partial charge in [-0.15, -0.1) is 0 Å². The monoisotopic (exact) mass is 207 g/mol. The van der Waals surface area contributed by atoms with Crippen molar-refractivity contribution in [1.82, 2.24) is 4.90 Å². The van der Waals surface area contributed by atoms with E-state index in [-0.39, 0.29) is 40.6 Å². The van der Waals surface area contributed by atoms with E-state index in [1.165, 1.54) is 0 Å². The Morgan fingerprint density at radius 2 is 1.00 bits per heavy atom. The van der Waals surface area contributed by atoms with Gasteiger partial charge in [-0.1, -0.05) is 0 Å². The van der Waals surface area contributed by atoms with Gasteiger partial charge in [-0.25, -0.2) is 0 Å². The number of nitrogens with zero attached hydrogens (tertiary/aromatic N) is 1. The molecule has 0 radical (unpaired) electrons. The van der Waals surface area contributed by atoms with Crippen LogP contribution in [0.15, 0.2) is 0 Å². The molecule has 0 amide bonds. The van der Waals surface area contributed by atoms with Crippen LogP contribution in [-0.4, -0.2) is 57.8 Å². The normalized spacial score (nSPS) is 8.60. The minimum Gasteiger partial charge on any atom is -1.00 e. The molecule has 0 rings (SSSR count). The topological polar surface area (TPSA) is 115 Å². The van der Waals surface area contributed by atoms with Crippen LogP contribution in [0.4, 0.5) is 0 Å². The van der Waals surface area contributed by atoms with E-state index in [2.05, 4.69) is 0 Å². The fourth-order valence-electron chi connectivity index (χ4n) is 0.742. The van der Waals surface area contributed by atoms with E-state index in [0.717, 1.165) is 4.90 Å². The number of rotatable bonds is 6. The maximum Gasteiger partial charge on any atom is 1.00 e. The van der Waals surface area contributed by atoms with Gasteiger partial charge >= 0.3 is 55.6 Å². The minimum atomic E-state index is -1.26. The van der Waals surface area contributed by atoms with Gasteiger partial charge in [0, 0.05) is 0 Å². The Bertz CT molecular complexity index is 205. The van der Waals surface area contributed by atoms with Crippen LogP contribution in [0.5, 0.6) is 0 Å². The second-order valence-electron chi connectivity index (χ2n) is 2.33. The Hall–Kier alpha value is -0.435. The largest absolute Gasteiger partial charge is 1.00 e. The van der Waals surface area contributed by atoms with E-state index in [4.69, 9.17) is 15.3 Å². The molecule has 0 aliphatic rings. The Kier molecular flexibility index (Phi) is 13.5. The molecule has 9 heteroatoms. The molecule has 0 spiro atoms. The molecule has 0 aromatic heterocycles. The van der Waals surface area contributed by atoms with E-state index >= 15 is 0 Å². The molecular weight excluding hydrogens is 196 g/mol. The van der Waals surface area contributed by atoms with Crippen molar-refractivity contribution in [2.75, 3.05) is 19.6 Å². The summed E-state index contributed by atoms with van der Waals surface area (Å²) in [5.74, 6) is -3.78. The van der Waals surface area contributed by atoms with Crippen molar-refractivity contribution in [2.45, 2.75) is 0 Å². The van der Waals surface area contributed by atoms with Crippen LogP contribution in [0.3, 0.4) is 0 Å². The van der Waals surface area contributed by atoms with E-state index in [9.17, 15) is 14.4 Å². The maximum absolute atomic E-state index is 10.1. The van der Waals surface area contributed by atoms with Gasteiger partial charge in [-0.05, 0) is 0 Å².